The Morgan fingerprint density at radius 1 is 1.29 bits per heavy atom. The second kappa shape index (κ2) is 7.24. The van der Waals surface area contributed by atoms with E-state index in [1.165, 1.54) is 12.2 Å². The van der Waals surface area contributed by atoms with E-state index < -0.39 is 40.1 Å². The van der Waals surface area contributed by atoms with Crippen LogP contribution in [-0.2, 0) is 19.1 Å². The Bertz CT molecular complexity index is 898. The third-order valence-corrected chi connectivity index (χ3v) is 9.15. The average molecular weight is 453 g/mol. The summed E-state index contributed by atoms with van der Waals surface area (Å²) in [6, 6.07) is 0. The van der Waals surface area contributed by atoms with Crippen molar-refractivity contribution in [2.75, 3.05) is 5.88 Å². The zero-order valence-corrected chi connectivity index (χ0v) is 19.0. The van der Waals surface area contributed by atoms with Gasteiger partial charge in [-0.15, -0.1) is 11.6 Å². The third kappa shape index (κ3) is 2.73. The van der Waals surface area contributed by atoms with E-state index in [0.29, 0.717) is 24.8 Å². The second-order valence-corrected chi connectivity index (χ2v) is 10.3. The molecule has 3 saturated carbocycles. The molecule has 0 aromatic carbocycles. The predicted octanol–water partition coefficient (Wildman–Crippen LogP) is 3.86. The highest BCUT2D eigenvalue weighted by Crippen LogP contribution is 2.70. The van der Waals surface area contributed by atoms with Crippen LogP contribution in [0.1, 0.15) is 59.3 Å². The molecule has 0 radical (unpaired) electrons. The van der Waals surface area contributed by atoms with Gasteiger partial charge in [-0.1, -0.05) is 25.5 Å². The number of aliphatic hydroxyl groups is 1. The summed E-state index contributed by atoms with van der Waals surface area (Å²) in [4.78, 5) is 37.3. The molecule has 0 amide bonds. The largest absolute Gasteiger partial charge is 0.450 e. The van der Waals surface area contributed by atoms with Crippen LogP contribution in [0.3, 0.4) is 0 Å². The lowest BCUT2D eigenvalue weighted by Gasteiger charge is -2.62. The first-order valence-corrected chi connectivity index (χ1v) is 11.7. The molecule has 0 bridgehead atoms. The molecule has 0 saturated heterocycles. The average Bonchev–Trinajstić information content (AvgIpc) is 3.01. The summed E-state index contributed by atoms with van der Waals surface area (Å²) in [6.07, 6.45) is 4.99. The van der Waals surface area contributed by atoms with E-state index in [4.69, 9.17) is 16.3 Å². The summed E-state index contributed by atoms with van der Waals surface area (Å²) in [6.45, 7) is 5.25. The van der Waals surface area contributed by atoms with Crippen molar-refractivity contribution in [3.05, 3.63) is 23.8 Å². The van der Waals surface area contributed by atoms with Crippen LogP contribution < -0.4 is 0 Å². The minimum absolute atomic E-state index is 0.0189. The Balaban J connectivity index is 1.81. The third-order valence-electron chi connectivity index (χ3n) is 8.91. The molecule has 0 aromatic heterocycles. The van der Waals surface area contributed by atoms with Crippen LogP contribution in [0.4, 0.5) is 4.39 Å². The van der Waals surface area contributed by atoms with Gasteiger partial charge in [0.15, 0.2) is 22.8 Å². The number of esters is 1. The molecule has 0 aromatic rings. The maximum absolute atomic E-state index is 17.1. The van der Waals surface area contributed by atoms with Gasteiger partial charge in [-0.25, -0.2) is 4.39 Å². The first-order valence-electron chi connectivity index (χ1n) is 11.1. The molecule has 4 aliphatic rings. The van der Waals surface area contributed by atoms with Crippen molar-refractivity contribution in [1.82, 2.24) is 0 Å². The summed E-state index contributed by atoms with van der Waals surface area (Å²) < 4.78 is 22.9. The van der Waals surface area contributed by atoms with Crippen LogP contribution in [-0.4, -0.2) is 45.9 Å². The molecular formula is C24H30ClFO5. The highest BCUT2D eigenvalue weighted by atomic mass is 35.5. The van der Waals surface area contributed by atoms with E-state index in [9.17, 15) is 19.5 Å². The number of halogens is 2. The van der Waals surface area contributed by atoms with Crippen molar-refractivity contribution >= 4 is 29.1 Å². The monoisotopic (exact) mass is 452 g/mol. The first-order chi connectivity index (χ1) is 14.5. The molecular weight excluding hydrogens is 423 g/mol. The van der Waals surface area contributed by atoms with Gasteiger partial charge in [-0.3, -0.25) is 14.4 Å². The Labute approximate surface area is 187 Å². The molecule has 3 fully saturated rings. The highest BCUT2D eigenvalue weighted by molar-refractivity contribution is 6.29. The van der Waals surface area contributed by atoms with Gasteiger partial charge in [0, 0.05) is 23.2 Å². The number of fused-ring (bicyclic) bond motifs is 5. The van der Waals surface area contributed by atoms with Crippen LogP contribution >= 0.6 is 11.6 Å². The number of allylic oxidation sites excluding steroid dienone is 4. The smallest absolute Gasteiger partial charge is 0.306 e. The van der Waals surface area contributed by atoms with Gasteiger partial charge in [0.1, 0.15) is 0 Å². The lowest BCUT2D eigenvalue weighted by molar-refractivity contribution is -0.224. The zero-order valence-electron chi connectivity index (χ0n) is 18.2. The lowest BCUT2D eigenvalue weighted by Crippen LogP contribution is -2.69. The lowest BCUT2D eigenvalue weighted by atomic mass is 9.44. The topological polar surface area (TPSA) is 80.7 Å². The van der Waals surface area contributed by atoms with Crippen molar-refractivity contribution in [3.63, 3.8) is 0 Å². The number of aliphatic hydroxyl groups excluding tert-OH is 1. The van der Waals surface area contributed by atoms with Crippen LogP contribution in [0.15, 0.2) is 23.8 Å². The fourth-order valence-corrected chi connectivity index (χ4v) is 7.47. The molecule has 31 heavy (non-hydrogen) atoms. The van der Waals surface area contributed by atoms with Crippen molar-refractivity contribution in [2.24, 2.45) is 22.7 Å². The van der Waals surface area contributed by atoms with Crippen molar-refractivity contribution in [3.8, 4) is 0 Å². The number of carbonyl (C=O) groups is 3. The van der Waals surface area contributed by atoms with E-state index in [1.807, 2.05) is 6.92 Å². The SMILES string of the molecule is CCC(=O)O[C@]1(C(=O)CCl)CC[C@H]2[C@@H]3CCC4=CC(=O)C=C[C@]4(C)[C@@]3(F)[C@@H](O)C[C@@]21C. The normalized spacial score (nSPS) is 45.9. The van der Waals surface area contributed by atoms with Crippen molar-refractivity contribution in [2.45, 2.75) is 76.7 Å². The van der Waals surface area contributed by atoms with E-state index in [1.54, 1.807) is 19.9 Å². The van der Waals surface area contributed by atoms with E-state index in [-0.39, 0.29) is 42.6 Å². The number of carbonyl (C=O) groups excluding carboxylic acids is 3. The van der Waals surface area contributed by atoms with Gasteiger partial charge in [-0.2, -0.15) is 0 Å². The Morgan fingerprint density at radius 2 is 2.00 bits per heavy atom. The van der Waals surface area contributed by atoms with Gasteiger partial charge >= 0.3 is 5.97 Å². The fourth-order valence-electron chi connectivity index (χ4n) is 7.26. The van der Waals surface area contributed by atoms with Gasteiger partial charge in [-0.05, 0) is 57.1 Å². The maximum atomic E-state index is 17.1. The molecule has 7 atom stereocenters. The summed E-state index contributed by atoms with van der Waals surface area (Å²) in [5, 5.41) is 11.3. The minimum Gasteiger partial charge on any atom is -0.450 e. The number of Topliss-reactive ketones (excluding diaryl/α,β-unsaturated/α-hetero) is 1. The molecule has 4 aliphatic carbocycles. The zero-order chi connectivity index (χ0) is 22.8. The van der Waals surface area contributed by atoms with Gasteiger partial charge in [0.25, 0.3) is 0 Å². The molecule has 7 heteroatoms. The van der Waals surface area contributed by atoms with Crippen LogP contribution in [0, 0.1) is 22.7 Å². The summed E-state index contributed by atoms with van der Waals surface area (Å²) >= 11 is 5.94. The molecule has 0 unspecified atom stereocenters. The molecule has 4 rings (SSSR count). The van der Waals surface area contributed by atoms with Crippen molar-refractivity contribution in [1.29, 1.82) is 0 Å². The summed E-state index contributed by atoms with van der Waals surface area (Å²) in [7, 11) is 0. The van der Waals surface area contributed by atoms with Crippen LogP contribution in [0.5, 0.6) is 0 Å². The first kappa shape index (κ1) is 22.7. The van der Waals surface area contributed by atoms with E-state index >= 15 is 4.39 Å². The summed E-state index contributed by atoms with van der Waals surface area (Å²) in [5.41, 5.74) is -4.74. The van der Waals surface area contributed by atoms with Crippen LogP contribution in [0.25, 0.3) is 0 Å². The molecule has 0 aliphatic heterocycles. The molecule has 0 spiro atoms. The standard InChI is InChI=1S/C24H30ClFO5/c1-4-20(30)31-23(19(29)13-25)10-8-16-17-6-5-14-11-15(27)7-9-21(14,2)24(17,26)18(28)12-22(16,23)3/h7,9,11,16-18,28H,4-6,8,10,12-13H2,1-3H3/t16-,17-,18-,21-,22-,23-,24-/m0/s1. The van der Waals surface area contributed by atoms with Crippen LogP contribution in [0.2, 0.25) is 0 Å². The van der Waals surface area contributed by atoms with Crippen molar-refractivity contribution < 1.29 is 28.6 Å². The number of alkyl halides is 2. The number of rotatable bonds is 4. The number of hydrogen-bond acceptors (Lipinski definition) is 5. The molecule has 5 nitrogen and oxygen atoms in total. The Kier molecular flexibility index (Phi) is 5.29. The van der Waals surface area contributed by atoms with E-state index in [0.717, 1.165) is 0 Å². The minimum atomic E-state index is -1.98. The number of hydrogen-bond donors (Lipinski definition) is 1. The van der Waals surface area contributed by atoms with Gasteiger partial charge < -0.3 is 9.84 Å². The Hall–Kier alpha value is -1.53. The highest BCUT2D eigenvalue weighted by Gasteiger charge is 2.75. The predicted molar refractivity (Wildman–Crippen MR) is 113 cm³/mol. The molecule has 170 valence electrons. The van der Waals surface area contributed by atoms with E-state index in [2.05, 4.69) is 0 Å². The molecule has 1 N–H and O–H groups in total. The fraction of sp³-hybridized carbons (Fsp3) is 0.708. The van der Waals surface area contributed by atoms with Gasteiger partial charge in [0.2, 0.25) is 0 Å². The number of ketones is 2. The Morgan fingerprint density at radius 3 is 2.65 bits per heavy atom. The second-order valence-electron chi connectivity index (χ2n) is 10.0. The number of ether oxygens (including phenoxy) is 1. The van der Waals surface area contributed by atoms with Gasteiger partial charge in [0.05, 0.1) is 12.0 Å². The summed E-state index contributed by atoms with van der Waals surface area (Å²) in [5.74, 6) is -2.15. The molecule has 0 heterocycles. The maximum Gasteiger partial charge on any atom is 0.306 e. The quantitative estimate of drug-likeness (QED) is 0.517.